The molecule has 0 aliphatic carbocycles. The maximum atomic E-state index is 11.4. The fourth-order valence-electron chi connectivity index (χ4n) is 0.873. The molecule has 1 amide bonds. The smallest absolute Gasteiger partial charge is 0.269 e. The Morgan fingerprint density at radius 3 is 2.85 bits per heavy atom. The third-order valence-corrected chi connectivity index (χ3v) is 1.41. The van der Waals surface area contributed by atoms with Crippen LogP contribution in [0.3, 0.4) is 0 Å². The molecule has 1 aromatic rings. The number of nitrogens with two attached hydrogens (primary N) is 1. The zero-order valence-electron chi connectivity index (χ0n) is 7.61. The van der Waals surface area contributed by atoms with E-state index in [2.05, 4.69) is 10.4 Å². The van der Waals surface area contributed by atoms with Crippen molar-refractivity contribution in [2.75, 3.05) is 19.8 Å². The molecule has 0 unspecified atom stereocenters. The second kappa shape index (κ2) is 3.86. The van der Waals surface area contributed by atoms with Crippen molar-refractivity contribution in [2.24, 2.45) is 0 Å². The van der Waals surface area contributed by atoms with E-state index in [1.54, 1.807) is 37.4 Å². The van der Waals surface area contributed by atoms with Gasteiger partial charge in [0.2, 0.25) is 0 Å². The van der Waals surface area contributed by atoms with Gasteiger partial charge in [0.15, 0.2) is 0 Å². The Hall–Kier alpha value is -1.62. The first-order valence-electron chi connectivity index (χ1n) is 3.80. The number of hydrazine groups is 1. The van der Waals surface area contributed by atoms with Crippen molar-refractivity contribution < 1.29 is 4.79 Å². The average molecular weight is 180 g/mol. The fourth-order valence-corrected chi connectivity index (χ4v) is 0.873. The molecule has 0 saturated heterocycles. The highest BCUT2D eigenvalue weighted by Crippen LogP contribution is 2.05. The van der Waals surface area contributed by atoms with E-state index in [4.69, 9.17) is 5.73 Å². The number of hydrogen-bond acceptors (Lipinski definition) is 4. The normalized spacial score (nSPS) is 10.1. The summed E-state index contributed by atoms with van der Waals surface area (Å²) in [7, 11) is 3.45. The number of rotatable bonds is 2. The maximum absolute atomic E-state index is 11.4. The zero-order chi connectivity index (χ0) is 9.84. The molecular weight excluding hydrogens is 168 g/mol. The summed E-state index contributed by atoms with van der Waals surface area (Å²) in [6.07, 6.45) is 1.54. The summed E-state index contributed by atoms with van der Waals surface area (Å²) in [5.41, 5.74) is 8.47. The van der Waals surface area contributed by atoms with Gasteiger partial charge in [0.1, 0.15) is 5.82 Å². The third-order valence-electron chi connectivity index (χ3n) is 1.41. The van der Waals surface area contributed by atoms with Gasteiger partial charge in [0.05, 0.1) is 5.56 Å². The van der Waals surface area contributed by atoms with Crippen LogP contribution in [0.1, 0.15) is 10.4 Å². The van der Waals surface area contributed by atoms with Crippen LogP contribution < -0.4 is 11.2 Å². The predicted octanol–water partition coefficient (Wildman–Crippen LogP) is -0.130. The van der Waals surface area contributed by atoms with Gasteiger partial charge in [-0.3, -0.25) is 10.2 Å². The Balaban J connectivity index is 2.83. The van der Waals surface area contributed by atoms with Gasteiger partial charge >= 0.3 is 0 Å². The molecule has 5 nitrogen and oxygen atoms in total. The first-order chi connectivity index (χ1) is 6.11. The van der Waals surface area contributed by atoms with Gasteiger partial charge in [-0.15, -0.1) is 0 Å². The van der Waals surface area contributed by atoms with Crippen molar-refractivity contribution in [2.45, 2.75) is 0 Å². The van der Waals surface area contributed by atoms with Crippen LogP contribution in [0.5, 0.6) is 0 Å². The van der Waals surface area contributed by atoms with Crippen molar-refractivity contribution in [3.8, 4) is 0 Å². The molecule has 1 aromatic heterocycles. The minimum absolute atomic E-state index is 0.238. The Kier molecular flexibility index (Phi) is 2.81. The molecule has 0 aliphatic rings. The molecule has 70 valence electrons. The van der Waals surface area contributed by atoms with Crippen LogP contribution in [-0.2, 0) is 0 Å². The van der Waals surface area contributed by atoms with E-state index >= 15 is 0 Å². The van der Waals surface area contributed by atoms with Crippen molar-refractivity contribution in [1.82, 2.24) is 15.4 Å². The molecular formula is C8H12N4O. The van der Waals surface area contributed by atoms with Crippen molar-refractivity contribution in [3.05, 3.63) is 23.9 Å². The highest BCUT2D eigenvalue weighted by Gasteiger charge is 2.09. The largest absolute Gasteiger partial charge is 0.383 e. The lowest BCUT2D eigenvalue weighted by atomic mass is 10.2. The summed E-state index contributed by atoms with van der Waals surface area (Å²) in [6.45, 7) is 0. The summed E-state index contributed by atoms with van der Waals surface area (Å²) in [4.78, 5) is 15.2. The first kappa shape index (κ1) is 9.47. The molecule has 13 heavy (non-hydrogen) atoms. The van der Waals surface area contributed by atoms with Crippen LogP contribution in [0.25, 0.3) is 0 Å². The van der Waals surface area contributed by atoms with E-state index in [0.717, 1.165) is 0 Å². The average Bonchev–Trinajstić information content (AvgIpc) is 2.03. The summed E-state index contributed by atoms with van der Waals surface area (Å²) in [5.74, 6) is -0.0162. The minimum atomic E-state index is -0.254. The van der Waals surface area contributed by atoms with E-state index < -0.39 is 0 Å². The summed E-state index contributed by atoms with van der Waals surface area (Å²) in [6, 6.07) is 3.29. The number of carbonyl (C=O) groups is 1. The van der Waals surface area contributed by atoms with E-state index in [9.17, 15) is 4.79 Å². The van der Waals surface area contributed by atoms with Gasteiger partial charge in [-0.1, -0.05) is 0 Å². The van der Waals surface area contributed by atoms with Crippen molar-refractivity contribution in [1.29, 1.82) is 0 Å². The van der Waals surface area contributed by atoms with E-state index in [1.165, 1.54) is 0 Å². The van der Waals surface area contributed by atoms with E-state index in [0.29, 0.717) is 5.56 Å². The number of hydrogen-bond donors (Lipinski definition) is 2. The molecule has 0 aromatic carbocycles. The summed E-state index contributed by atoms with van der Waals surface area (Å²) in [5, 5.41) is 1.55. The second-order valence-corrected chi connectivity index (χ2v) is 2.77. The summed E-state index contributed by atoms with van der Waals surface area (Å²) < 4.78 is 0. The Bertz CT molecular complexity index is 311. The lowest BCUT2D eigenvalue weighted by molar-refractivity contribution is 0.0857. The first-order valence-corrected chi connectivity index (χ1v) is 3.80. The Morgan fingerprint density at radius 1 is 1.62 bits per heavy atom. The van der Waals surface area contributed by atoms with Crippen molar-refractivity contribution >= 4 is 11.7 Å². The molecule has 0 atom stereocenters. The van der Waals surface area contributed by atoms with Gasteiger partial charge < -0.3 is 5.73 Å². The molecule has 0 fully saturated rings. The second-order valence-electron chi connectivity index (χ2n) is 2.77. The quantitative estimate of drug-likeness (QED) is 0.622. The van der Waals surface area contributed by atoms with Crippen LogP contribution in [0.15, 0.2) is 18.3 Å². The van der Waals surface area contributed by atoms with Crippen molar-refractivity contribution in [3.63, 3.8) is 0 Å². The van der Waals surface area contributed by atoms with Gasteiger partial charge in [-0.25, -0.2) is 9.99 Å². The standard InChI is InChI=1S/C8H12N4O/c1-12(2)11-8(13)6-4-3-5-10-7(6)9/h3-5H,1-2H3,(H2,9,10)(H,11,13). The molecule has 1 rings (SSSR count). The number of amides is 1. The number of anilines is 1. The molecule has 1 heterocycles. The predicted molar refractivity (Wildman–Crippen MR) is 49.8 cm³/mol. The van der Waals surface area contributed by atoms with Crippen LogP contribution in [-0.4, -0.2) is 30.0 Å². The molecule has 0 aliphatic heterocycles. The number of carbonyl (C=O) groups excluding carboxylic acids is 1. The fraction of sp³-hybridized carbons (Fsp3) is 0.250. The SMILES string of the molecule is CN(C)NC(=O)c1cccnc1N. The minimum Gasteiger partial charge on any atom is -0.383 e. The lowest BCUT2D eigenvalue weighted by Crippen LogP contribution is -2.36. The number of nitrogens with zero attached hydrogens (tertiary/aromatic N) is 2. The molecule has 0 radical (unpaired) electrons. The van der Waals surface area contributed by atoms with E-state index in [-0.39, 0.29) is 11.7 Å². The monoisotopic (exact) mass is 180 g/mol. The van der Waals surface area contributed by atoms with Gasteiger partial charge in [0.25, 0.3) is 5.91 Å². The van der Waals surface area contributed by atoms with Crippen LogP contribution in [0.2, 0.25) is 0 Å². The molecule has 0 saturated carbocycles. The Labute approximate surface area is 76.5 Å². The van der Waals surface area contributed by atoms with Crippen LogP contribution >= 0.6 is 0 Å². The number of aromatic nitrogens is 1. The zero-order valence-corrected chi connectivity index (χ0v) is 7.61. The molecule has 5 heteroatoms. The van der Waals surface area contributed by atoms with E-state index in [1.807, 2.05) is 0 Å². The highest BCUT2D eigenvalue weighted by molar-refractivity contribution is 5.97. The molecule has 3 N–H and O–H groups in total. The van der Waals surface area contributed by atoms with Gasteiger partial charge in [-0.05, 0) is 12.1 Å². The maximum Gasteiger partial charge on any atom is 0.269 e. The lowest BCUT2D eigenvalue weighted by Gasteiger charge is -2.12. The topological polar surface area (TPSA) is 71.2 Å². The Morgan fingerprint density at radius 2 is 2.31 bits per heavy atom. The number of nitrogens with one attached hydrogen (secondary N) is 1. The number of pyridine rings is 1. The van der Waals surface area contributed by atoms with Crippen LogP contribution in [0, 0.1) is 0 Å². The summed E-state index contributed by atoms with van der Waals surface area (Å²) >= 11 is 0. The van der Waals surface area contributed by atoms with Gasteiger partial charge in [-0.2, -0.15) is 0 Å². The number of nitrogen functional groups attached to an aromatic ring is 1. The molecule has 0 bridgehead atoms. The molecule has 0 spiro atoms. The third kappa shape index (κ3) is 2.41. The van der Waals surface area contributed by atoms with Crippen LogP contribution in [0.4, 0.5) is 5.82 Å². The highest BCUT2D eigenvalue weighted by atomic mass is 16.2. The van der Waals surface area contributed by atoms with Gasteiger partial charge in [0, 0.05) is 20.3 Å².